The van der Waals surface area contributed by atoms with Gasteiger partial charge >= 0.3 is 0 Å². The van der Waals surface area contributed by atoms with Gasteiger partial charge in [0.05, 0.1) is 37.0 Å². The Morgan fingerprint density at radius 2 is 2.28 bits per heavy atom. The van der Waals surface area contributed by atoms with E-state index in [4.69, 9.17) is 0 Å². The molecule has 1 amide bonds. The van der Waals surface area contributed by atoms with E-state index in [-0.39, 0.29) is 5.91 Å². The Balaban J connectivity index is 1.41. The molecule has 1 aromatic rings. The molecule has 0 spiro atoms. The quantitative estimate of drug-likeness (QED) is 0.884. The minimum atomic E-state index is -0.528. The number of hydrogen-bond donors (Lipinski definition) is 1. The molecular weight excluding hydrogens is 338 g/mol. The van der Waals surface area contributed by atoms with Crippen molar-refractivity contribution in [1.29, 1.82) is 0 Å². The summed E-state index contributed by atoms with van der Waals surface area (Å²) in [4.78, 5) is 21.3. The van der Waals surface area contributed by atoms with Crippen molar-refractivity contribution in [3.63, 3.8) is 0 Å². The molecule has 0 saturated heterocycles. The Morgan fingerprint density at radius 1 is 1.40 bits per heavy atom. The fraction of sp³-hybridized carbons (Fsp3) is 0.588. The number of carbonyl (C=O) groups is 1. The number of aromatic nitrogens is 2. The lowest BCUT2D eigenvalue weighted by molar-refractivity contribution is -0.132. The third kappa shape index (κ3) is 3.20. The lowest BCUT2D eigenvalue weighted by Crippen LogP contribution is -2.39. The average molecular weight is 361 g/mol. The number of rotatable bonds is 4. The summed E-state index contributed by atoms with van der Waals surface area (Å²) in [7, 11) is 0. The van der Waals surface area contributed by atoms with Crippen LogP contribution in [0.2, 0.25) is 0 Å². The highest BCUT2D eigenvalue weighted by Crippen LogP contribution is 2.31. The van der Waals surface area contributed by atoms with Gasteiger partial charge in [-0.25, -0.2) is 0 Å². The summed E-state index contributed by atoms with van der Waals surface area (Å²) in [6.45, 7) is 5.68. The fourth-order valence-corrected chi connectivity index (χ4v) is 4.37. The van der Waals surface area contributed by atoms with Crippen molar-refractivity contribution >= 4 is 22.8 Å². The third-order valence-electron chi connectivity index (χ3n) is 4.89. The maximum Gasteiger partial charge on any atom is 0.228 e. The first kappa shape index (κ1) is 16.7. The SMILES string of the molecule is CC[C@H](O)c1cc2n(n1)CCN(C(=O)CC1=CSC3=NCCCN13)C2. The van der Waals surface area contributed by atoms with Gasteiger partial charge in [0.2, 0.25) is 5.91 Å². The van der Waals surface area contributed by atoms with Crippen LogP contribution in [0.25, 0.3) is 0 Å². The second-order valence-electron chi connectivity index (χ2n) is 6.60. The molecule has 4 rings (SSSR count). The van der Waals surface area contributed by atoms with E-state index in [2.05, 4.69) is 20.4 Å². The van der Waals surface area contributed by atoms with E-state index in [1.54, 1.807) is 11.8 Å². The Kier molecular flexibility index (Phi) is 4.56. The van der Waals surface area contributed by atoms with Crippen LogP contribution in [-0.2, 0) is 17.9 Å². The summed E-state index contributed by atoms with van der Waals surface area (Å²) in [5, 5.41) is 17.5. The summed E-state index contributed by atoms with van der Waals surface area (Å²) in [6, 6.07) is 1.92. The number of amidine groups is 1. The molecule has 25 heavy (non-hydrogen) atoms. The van der Waals surface area contributed by atoms with Gasteiger partial charge in [0.25, 0.3) is 0 Å². The Morgan fingerprint density at radius 3 is 3.12 bits per heavy atom. The first-order chi connectivity index (χ1) is 12.2. The minimum absolute atomic E-state index is 0.142. The topological polar surface area (TPSA) is 74.0 Å². The van der Waals surface area contributed by atoms with Gasteiger partial charge < -0.3 is 14.9 Å². The van der Waals surface area contributed by atoms with Crippen LogP contribution in [0.4, 0.5) is 0 Å². The van der Waals surface area contributed by atoms with Crippen LogP contribution in [0.3, 0.4) is 0 Å². The largest absolute Gasteiger partial charge is 0.387 e. The summed E-state index contributed by atoms with van der Waals surface area (Å²) in [6.07, 6.45) is 1.58. The maximum absolute atomic E-state index is 12.8. The molecule has 134 valence electrons. The zero-order chi connectivity index (χ0) is 17.4. The van der Waals surface area contributed by atoms with Crippen LogP contribution in [0.1, 0.15) is 43.7 Å². The summed E-state index contributed by atoms with van der Waals surface area (Å²) in [5.41, 5.74) is 2.77. The van der Waals surface area contributed by atoms with E-state index in [0.717, 1.165) is 36.1 Å². The van der Waals surface area contributed by atoms with Crippen molar-refractivity contribution in [2.24, 2.45) is 4.99 Å². The highest BCUT2D eigenvalue weighted by molar-refractivity contribution is 8.16. The molecule has 3 aliphatic heterocycles. The molecule has 0 fully saturated rings. The van der Waals surface area contributed by atoms with Crippen molar-refractivity contribution in [3.05, 3.63) is 28.6 Å². The molecule has 4 heterocycles. The highest BCUT2D eigenvalue weighted by Gasteiger charge is 2.29. The number of aliphatic imine (C=N–C) groups is 1. The molecular formula is C17H23N5O2S. The standard InChI is InChI=1S/C17H23N5O2S/c1-2-15(23)14-8-12-10-20(6-7-22(12)19-14)16(24)9-13-11-25-17-18-4-3-5-21(13)17/h8,11,15,23H,2-7,9-10H2,1H3/t15-/m0/s1. The number of thioether (sulfide) groups is 1. The van der Waals surface area contributed by atoms with Gasteiger partial charge in [-0.1, -0.05) is 18.7 Å². The van der Waals surface area contributed by atoms with E-state index in [9.17, 15) is 9.90 Å². The maximum atomic E-state index is 12.8. The van der Waals surface area contributed by atoms with Gasteiger partial charge in [-0.2, -0.15) is 5.10 Å². The van der Waals surface area contributed by atoms with E-state index in [1.165, 1.54) is 0 Å². The second kappa shape index (κ2) is 6.84. The van der Waals surface area contributed by atoms with Gasteiger partial charge in [-0.05, 0) is 24.3 Å². The number of amides is 1. The summed E-state index contributed by atoms with van der Waals surface area (Å²) in [5.74, 6) is 0.142. The van der Waals surface area contributed by atoms with E-state index < -0.39 is 6.10 Å². The van der Waals surface area contributed by atoms with Crippen LogP contribution >= 0.6 is 11.8 Å². The molecule has 0 aliphatic carbocycles. The lowest BCUT2D eigenvalue weighted by Gasteiger charge is -2.30. The summed E-state index contributed by atoms with van der Waals surface area (Å²) >= 11 is 1.62. The summed E-state index contributed by atoms with van der Waals surface area (Å²) < 4.78 is 1.91. The first-order valence-corrected chi connectivity index (χ1v) is 9.74. The number of carbonyl (C=O) groups excluding carboxylic acids is 1. The Bertz CT molecular complexity index is 741. The minimum Gasteiger partial charge on any atom is -0.387 e. The molecule has 8 heteroatoms. The van der Waals surface area contributed by atoms with Gasteiger partial charge in [-0.15, -0.1) is 0 Å². The molecule has 7 nitrogen and oxygen atoms in total. The molecule has 1 N–H and O–H groups in total. The number of hydrogen-bond acceptors (Lipinski definition) is 6. The second-order valence-corrected chi connectivity index (χ2v) is 7.43. The Labute approximate surface area is 151 Å². The van der Waals surface area contributed by atoms with Gasteiger partial charge in [-0.3, -0.25) is 14.5 Å². The number of fused-ring (bicyclic) bond motifs is 2. The molecule has 1 aromatic heterocycles. The number of aliphatic hydroxyl groups excluding tert-OH is 1. The predicted octanol–water partition coefficient (Wildman–Crippen LogP) is 1.71. The number of aliphatic hydroxyl groups is 1. The monoisotopic (exact) mass is 361 g/mol. The van der Waals surface area contributed by atoms with Gasteiger partial charge in [0.15, 0.2) is 5.17 Å². The lowest BCUT2D eigenvalue weighted by atomic mass is 10.2. The van der Waals surface area contributed by atoms with Crippen molar-refractivity contribution < 1.29 is 9.90 Å². The molecule has 0 bridgehead atoms. The van der Waals surface area contributed by atoms with E-state index >= 15 is 0 Å². The van der Waals surface area contributed by atoms with Gasteiger partial charge in [0.1, 0.15) is 0 Å². The van der Waals surface area contributed by atoms with Crippen molar-refractivity contribution in [3.8, 4) is 0 Å². The number of nitrogens with zero attached hydrogens (tertiary/aromatic N) is 5. The zero-order valence-corrected chi connectivity index (χ0v) is 15.2. The fourth-order valence-electron chi connectivity index (χ4n) is 3.41. The van der Waals surface area contributed by atoms with Crippen molar-refractivity contribution in [2.45, 2.75) is 45.4 Å². The van der Waals surface area contributed by atoms with E-state index in [0.29, 0.717) is 38.2 Å². The molecule has 0 unspecified atom stereocenters. The normalized spacial score (nSPS) is 20.7. The van der Waals surface area contributed by atoms with Crippen LogP contribution < -0.4 is 0 Å². The smallest absolute Gasteiger partial charge is 0.228 e. The van der Waals surface area contributed by atoms with Crippen molar-refractivity contribution in [1.82, 2.24) is 19.6 Å². The zero-order valence-electron chi connectivity index (χ0n) is 14.4. The van der Waals surface area contributed by atoms with Crippen LogP contribution in [0.15, 0.2) is 22.2 Å². The third-order valence-corrected chi connectivity index (χ3v) is 5.85. The molecule has 3 aliphatic rings. The molecule has 0 aromatic carbocycles. The Hall–Kier alpha value is -1.80. The van der Waals surface area contributed by atoms with Crippen molar-refractivity contribution in [2.75, 3.05) is 19.6 Å². The molecule has 0 saturated carbocycles. The van der Waals surface area contributed by atoms with Crippen LogP contribution in [0.5, 0.6) is 0 Å². The molecule has 1 atom stereocenters. The van der Waals surface area contributed by atoms with E-state index in [1.807, 2.05) is 22.6 Å². The van der Waals surface area contributed by atoms with Gasteiger partial charge in [0, 0.05) is 25.3 Å². The van der Waals surface area contributed by atoms with Crippen LogP contribution in [0, 0.1) is 0 Å². The average Bonchev–Trinajstić information content (AvgIpc) is 3.24. The molecule has 0 radical (unpaired) electrons. The highest BCUT2D eigenvalue weighted by atomic mass is 32.2. The first-order valence-electron chi connectivity index (χ1n) is 8.86. The predicted molar refractivity (Wildman–Crippen MR) is 96.8 cm³/mol. The van der Waals surface area contributed by atoms with Crippen LogP contribution in [-0.4, -0.2) is 55.4 Å².